The largest absolute Gasteiger partial charge is 0.310 e. The summed E-state index contributed by atoms with van der Waals surface area (Å²) >= 11 is 0. The highest BCUT2D eigenvalue weighted by atomic mass is 15.2. The van der Waals surface area contributed by atoms with Gasteiger partial charge in [0.1, 0.15) is 0 Å². The van der Waals surface area contributed by atoms with E-state index in [2.05, 4.69) is 397 Å². The van der Waals surface area contributed by atoms with Crippen LogP contribution in [0.1, 0.15) is 79.0 Å². The zero-order valence-electron chi connectivity index (χ0n) is 58.9. The van der Waals surface area contributed by atoms with Gasteiger partial charge in [-0.2, -0.15) is 0 Å². The molecule has 0 spiro atoms. The molecule has 486 valence electrons. The summed E-state index contributed by atoms with van der Waals surface area (Å²) in [4.78, 5) is 5.46. The van der Waals surface area contributed by atoms with Crippen molar-refractivity contribution in [2.24, 2.45) is 0 Å². The molecule has 2 aromatic heterocycles. The van der Waals surface area contributed by atoms with E-state index in [-0.39, 0.29) is 23.0 Å². The molecule has 0 unspecified atom stereocenters. The van der Waals surface area contributed by atoms with E-state index < -0.39 is 0 Å². The second-order valence-electron chi connectivity index (χ2n) is 30.9. The number of benzene rings is 14. The summed E-state index contributed by atoms with van der Waals surface area (Å²) in [6, 6.07) is 120. The predicted molar refractivity (Wildman–Crippen MR) is 432 cm³/mol. The van der Waals surface area contributed by atoms with Crippen molar-refractivity contribution in [3.8, 4) is 67.0 Å². The maximum absolute atomic E-state index is 2.73. The van der Waals surface area contributed by atoms with E-state index in [1.54, 1.807) is 0 Å². The Balaban J connectivity index is 1.01. The molecule has 18 rings (SSSR count). The van der Waals surface area contributed by atoms with Gasteiger partial charge in [-0.3, -0.25) is 0 Å². The summed E-state index contributed by atoms with van der Waals surface area (Å²) in [5, 5.41) is 4.91. The molecule has 0 saturated carbocycles. The SMILES string of the molecule is CC(C)(C)c1cc(-c2ccccc2)c(N2c3cc(-c4ccc5c(c4)c4ccccc4n5-c4ccccc4)ccc3B3c4ccc(-n5c6ccccc6c6ccccc65)cc4N(c4c(-c5ccccc5)cc(C(C)(C)C)cc4-c4ccccc4)c4cc(C(C)(C)C)cc2c43)c(-c2ccccc2)c1. The first-order chi connectivity index (χ1) is 49.0. The molecular formula is C96H79BN4. The van der Waals surface area contributed by atoms with Crippen LogP contribution >= 0.6 is 0 Å². The van der Waals surface area contributed by atoms with Crippen molar-refractivity contribution in [3.05, 3.63) is 332 Å². The molecule has 0 fully saturated rings. The van der Waals surface area contributed by atoms with Gasteiger partial charge in [-0.25, -0.2) is 0 Å². The van der Waals surface area contributed by atoms with Crippen molar-refractivity contribution >= 4 is 101 Å². The first-order valence-electron chi connectivity index (χ1n) is 35.8. The predicted octanol–water partition coefficient (Wildman–Crippen LogP) is 24.2. The lowest BCUT2D eigenvalue weighted by Gasteiger charge is -2.47. The lowest BCUT2D eigenvalue weighted by molar-refractivity contribution is 0.590. The van der Waals surface area contributed by atoms with E-state index in [1.807, 2.05) is 0 Å². The maximum atomic E-state index is 2.73. The van der Waals surface area contributed by atoms with Crippen molar-refractivity contribution in [1.29, 1.82) is 0 Å². The molecule has 0 aliphatic carbocycles. The number of para-hydroxylation sites is 4. The van der Waals surface area contributed by atoms with E-state index in [1.165, 1.54) is 98.9 Å². The molecule has 2 aliphatic rings. The molecule has 0 bridgehead atoms. The minimum absolute atomic E-state index is 0.184. The Bertz CT molecular complexity index is 5770. The first-order valence-corrected chi connectivity index (χ1v) is 35.8. The third-order valence-corrected chi connectivity index (χ3v) is 21.5. The minimum Gasteiger partial charge on any atom is -0.310 e. The van der Waals surface area contributed by atoms with Crippen LogP contribution in [0.3, 0.4) is 0 Å². The molecule has 2 aliphatic heterocycles. The number of anilines is 6. The van der Waals surface area contributed by atoms with Gasteiger partial charge in [-0.15, -0.1) is 0 Å². The molecule has 16 aromatic rings. The van der Waals surface area contributed by atoms with Crippen molar-refractivity contribution in [2.75, 3.05) is 9.80 Å². The second-order valence-corrected chi connectivity index (χ2v) is 30.9. The quantitative estimate of drug-likeness (QED) is 0.134. The van der Waals surface area contributed by atoms with E-state index in [9.17, 15) is 0 Å². The average Bonchev–Trinajstić information content (AvgIpc) is 1.59. The number of hydrogen-bond acceptors (Lipinski definition) is 2. The number of nitrogens with zero attached hydrogens (tertiary/aromatic N) is 4. The first kappa shape index (κ1) is 61.7. The van der Waals surface area contributed by atoms with E-state index in [0.29, 0.717) is 0 Å². The van der Waals surface area contributed by atoms with Crippen molar-refractivity contribution in [1.82, 2.24) is 9.13 Å². The third kappa shape index (κ3) is 10.2. The van der Waals surface area contributed by atoms with Gasteiger partial charge in [0.25, 0.3) is 6.71 Å². The van der Waals surface area contributed by atoms with Gasteiger partial charge in [0, 0.05) is 77.9 Å². The number of aromatic nitrogens is 2. The fourth-order valence-corrected chi connectivity index (χ4v) is 16.4. The number of fused-ring (bicyclic) bond motifs is 10. The van der Waals surface area contributed by atoms with Crippen molar-refractivity contribution in [3.63, 3.8) is 0 Å². The zero-order valence-corrected chi connectivity index (χ0v) is 58.9. The molecule has 0 radical (unpaired) electrons. The summed E-state index contributed by atoms with van der Waals surface area (Å²) in [5.41, 5.74) is 32.4. The summed E-state index contributed by atoms with van der Waals surface area (Å²) in [6.45, 7) is 21.1. The molecule has 0 atom stereocenters. The molecule has 4 heterocycles. The van der Waals surface area contributed by atoms with E-state index >= 15 is 0 Å². The van der Waals surface area contributed by atoms with Crippen LogP contribution in [0.5, 0.6) is 0 Å². The molecule has 0 amide bonds. The Morgan fingerprint density at radius 2 is 0.564 bits per heavy atom. The number of hydrogen-bond donors (Lipinski definition) is 0. The lowest BCUT2D eigenvalue weighted by atomic mass is 9.33. The van der Waals surface area contributed by atoms with Gasteiger partial charge in [0.05, 0.1) is 33.4 Å². The maximum Gasteiger partial charge on any atom is 0.252 e. The summed E-state index contributed by atoms with van der Waals surface area (Å²) in [5.74, 6) is 0. The van der Waals surface area contributed by atoms with E-state index in [0.717, 1.165) is 78.9 Å². The topological polar surface area (TPSA) is 16.3 Å². The van der Waals surface area contributed by atoms with Crippen LogP contribution in [0.4, 0.5) is 34.1 Å². The molecule has 101 heavy (non-hydrogen) atoms. The van der Waals surface area contributed by atoms with Gasteiger partial charge in [0.15, 0.2) is 0 Å². The minimum atomic E-state index is -0.318. The van der Waals surface area contributed by atoms with Gasteiger partial charge in [-0.1, -0.05) is 281 Å². The van der Waals surface area contributed by atoms with E-state index in [4.69, 9.17) is 0 Å². The number of rotatable bonds is 9. The Labute approximate surface area is 593 Å². The third-order valence-electron chi connectivity index (χ3n) is 21.5. The standard InChI is InChI=1S/C96H79BN4/c1-94(2,3)68-55-76(62-31-15-10-16-32-62)92(77(56-68)63-33-17-11-18-34-63)100-87-54-67(66-48-52-86-80(53-66)75-43-27-30-46-85(75)98(86)71-39-23-14-24-40-71)47-50-81(87)97-82-51-49-72(99-83-44-28-25-41-73(83)74-42-26-29-45-84(74)99)61-88(82)101(90-60-70(96(7,8)9)59-89(100)91(90)97)93-78(64-35-19-12-20-36-64)57-69(95(4,5)6)58-79(93)65-37-21-13-22-38-65/h10-61H,1-9H3. The smallest absolute Gasteiger partial charge is 0.252 e. The zero-order chi connectivity index (χ0) is 68.6. The van der Waals surface area contributed by atoms with Crippen molar-refractivity contribution < 1.29 is 0 Å². The highest BCUT2D eigenvalue weighted by Crippen LogP contribution is 2.56. The molecule has 0 N–H and O–H groups in total. The van der Waals surface area contributed by atoms with Gasteiger partial charge in [-0.05, 0) is 180 Å². The fourth-order valence-electron chi connectivity index (χ4n) is 16.4. The summed E-state index contributed by atoms with van der Waals surface area (Å²) in [7, 11) is 0. The average molecular weight is 1300 g/mol. The molecular weight excluding hydrogens is 1220 g/mol. The van der Waals surface area contributed by atoms with Crippen LogP contribution in [0.25, 0.3) is 111 Å². The molecule has 5 heteroatoms. The molecule has 14 aromatic carbocycles. The highest BCUT2D eigenvalue weighted by molar-refractivity contribution is 7.00. The summed E-state index contributed by atoms with van der Waals surface area (Å²) in [6.07, 6.45) is 0. The Hall–Kier alpha value is -11.7. The van der Waals surface area contributed by atoms with Crippen LogP contribution in [-0.4, -0.2) is 15.8 Å². The van der Waals surface area contributed by atoms with Crippen molar-refractivity contribution in [2.45, 2.75) is 78.6 Å². The summed E-state index contributed by atoms with van der Waals surface area (Å²) < 4.78 is 4.92. The Kier molecular flexibility index (Phi) is 14.3. The van der Waals surface area contributed by atoms with Gasteiger partial charge in [0.2, 0.25) is 0 Å². The van der Waals surface area contributed by atoms with Crippen LogP contribution in [0.2, 0.25) is 0 Å². The molecule has 4 nitrogen and oxygen atoms in total. The van der Waals surface area contributed by atoms with Crippen LogP contribution in [0, 0.1) is 0 Å². The van der Waals surface area contributed by atoms with Gasteiger partial charge >= 0.3 is 0 Å². The Morgan fingerprint density at radius 3 is 0.990 bits per heavy atom. The fraction of sp³-hybridized carbons (Fsp3) is 0.125. The second kappa shape index (κ2) is 23.5. The Morgan fingerprint density at radius 1 is 0.238 bits per heavy atom. The highest BCUT2D eigenvalue weighted by Gasteiger charge is 2.46. The van der Waals surface area contributed by atoms with Gasteiger partial charge < -0.3 is 18.9 Å². The van der Waals surface area contributed by atoms with Crippen LogP contribution in [-0.2, 0) is 16.2 Å². The van der Waals surface area contributed by atoms with Crippen LogP contribution in [0.15, 0.2) is 315 Å². The van der Waals surface area contributed by atoms with Crippen LogP contribution < -0.4 is 26.2 Å². The monoisotopic (exact) mass is 1300 g/mol. The molecule has 0 saturated heterocycles. The normalized spacial score (nSPS) is 12.9. The lowest BCUT2D eigenvalue weighted by Crippen LogP contribution is -2.61.